The monoisotopic (exact) mass is 452 g/mol. The summed E-state index contributed by atoms with van der Waals surface area (Å²) in [6.07, 6.45) is 1.12. The van der Waals surface area contributed by atoms with E-state index >= 15 is 0 Å². The molecule has 0 atom stereocenters. The van der Waals surface area contributed by atoms with E-state index in [4.69, 9.17) is 20.7 Å². The van der Waals surface area contributed by atoms with Gasteiger partial charge in [0.25, 0.3) is 0 Å². The van der Waals surface area contributed by atoms with Crippen LogP contribution >= 0.6 is 31.9 Å². The molecule has 1 aromatic carbocycles. The zero-order valence-corrected chi connectivity index (χ0v) is 15.8. The quantitative estimate of drug-likeness (QED) is 0.447. The molecule has 0 heterocycles. The SMILES string of the molecule is CN(C)CCOc1c(Br)cc(N)cc1Br.O=C(O)/C=C/C(=O)O. The van der Waals surface area contributed by atoms with Crippen molar-refractivity contribution in [2.45, 2.75) is 0 Å². The van der Waals surface area contributed by atoms with Crippen LogP contribution < -0.4 is 10.5 Å². The van der Waals surface area contributed by atoms with E-state index in [0.717, 1.165) is 21.2 Å². The fourth-order valence-corrected chi connectivity index (χ4v) is 2.64. The van der Waals surface area contributed by atoms with E-state index in [-0.39, 0.29) is 0 Å². The Kier molecular flexibility index (Phi) is 10.3. The third-order valence-corrected chi connectivity index (χ3v) is 3.35. The summed E-state index contributed by atoms with van der Waals surface area (Å²) in [4.78, 5) is 21.2. The molecule has 0 unspecified atom stereocenters. The van der Waals surface area contributed by atoms with Crippen LogP contribution in [0.25, 0.3) is 0 Å². The van der Waals surface area contributed by atoms with E-state index in [0.29, 0.717) is 24.4 Å². The summed E-state index contributed by atoms with van der Waals surface area (Å²) in [5.74, 6) is -1.72. The molecule has 1 aromatic rings. The van der Waals surface area contributed by atoms with Crippen molar-refractivity contribution in [3.8, 4) is 5.75 Å². The van der Waals surface area contributed by atoms with E-state index < -0.39 is 11.9 Å². The molecule has 0 aliphatic carbocycles. The molecule has 0 aliphatic heterocycles. The first kappa shape index (κ1) is 21.4. The van der Waals surface area contributed by atoms with Gasteiger partial charge in [-0.3, -0.25) is 0 Å². The second kappa shape index (κ2) is 11.0. The number of benzene rings is 1. The molecule has 128 valence electrons. The third-order valence-electron chi connectivity index (χ3n) is 2.17. The maximum absolute atomic E-state index is 9.55. The molecule has 1 rings (SSSR count). The van der Waals surface area contributed by atoms with Crippen molar-refractivity contribution in [3.63, 3.8) is 0 Å². The van der Waals surface area contributed by atoms with Gasteiger partial charge >= 0.3 is 11.9 Å². The number of aliphatic carboxylic acids is 2. The Labute approximate surface area is 151 Å². The second-order valence-corrected chi connectivity index (χ2v) is 6.18. The number of carboxylic acid groups (broad SMARTS) is 2. The molecule has 0 fully saturated rings. The number of nitrogen functional groups attached to an aromatic ring is 1. The van der Waals surface area contributed by atoms with Crippen LogP contribution in [-0.2, 0) is 9.59 Å². The standard InChI is InChI=1S/C10H14Br2N2O.C4H4O4/c1-14(2)3-4-15-10-8(11)5-7(13)6-9(10)12;5-3(6)1-2-4(7)8/h5-6H,3-4,13H2,1-2H3;1-2H,(H,5,6)(H,7,8)/b;2-1+. The molecule has 9 heteroatoms. The van der Waals surface area contributed by atoms with Crippen molar-refractivity contribution in [2.24, 2.45) is 0 Å². The second-order valence-electron chi connectivity index (χ2n) is 4.48. The van der Waals surface area contributed by atoms with E-state index in [1.807, 2.05) is 26.2 Å². The number of anilines is 1. The first-order valence-corrected chi connectivity index (χ1v) is 7.88. The van der Waals surface area contributed by atoms with Crippen LogP contribution in [0.15, 0.2) is 33.2 Å². The smallest absolute Gasteiger partial charge is 0.328 e. The van der Waals surface area contributed by atoms with Crippen LogP contribution in [-0.4, -0.2) is 54.3 Å². The van der Waals surface area contributed by atoms with Crippen LogP contribution in [0.4, 0.5) is 5.69 Å². The minimum atomic E-state index is -1.26. The van der Waals surface area contributed by atoms with Gasteiger partial charge in [-0.1, -0.05) is 0 Å². The normalized spacial score (nSPS) is 10.3. The number of carboxylic acids is 2. The lowest BCUT2D eigenvalue weighted by Gasteiger charge is -2.13. The van der Waals surface area contributed by atoms with Crippen LogP contribution in [0, 0.1) is 0 Å². The minimum Gasteiger partial charge on any atom is -0.490 e. The van der Waals surface area contributed by atoms with Crippen molar-refractivity contribution >= 4 is 49.5 Å². The number of hydrogen-bond donors (Lipinski definition) is 3. The van der Waals surface area contributed by atoms with Crippen molar-refractivity contribution < 1.29 is 24.5 Å². The predicted octanol–water partition coefficient (Wildman–Crippen LogP) is 2.45. The first-order chi connectivity index (χ1) is 10.6. The molecule has 0 aromatic heterocycles. The summed E-state index contributed by atoms with van der Waals surface area (Å²) in [6.45, 7) is 1.53. The van der Waals surface area contributed by atoms with Gasteiger partial charge in [-0.15, -0.1) is 0 Å². The zero-order chi connectivity index (χ0) is 18.0. The Bertz CT molecular complexity index is 537. The fraction of sp³-hybridized carbons (Fsp3) is 0.286. The molecule has 0 saturated heterocycles. The number of nitrogens with two attached hydrogens (primary N) is 1. The van der Waals surface area contributed by atoms with E-state index in [1.54, 1.807) is 0 Å². The summed E-state index contributed by atoms with van der Waals surface area (Å²) in [6, 6.07) is 3.66. The molecule has 0 saturated carbocycles. The Hall–Kier alpha value is -1.58. The van der Waals surface area contributed by atoms with Crippen LogP contribution in [0.1, 0.15) is 0 Å². The Morgan fingerprint density at radius 3 is 1.96 bits per heavy atom. The number of halogens is 2. The molecule has 0 aliphatic rings. The zero-order valence-electron chi connectivity index (χ0n) is 12.6. The fourth-order valence-electron chi connectivity index (χ4n) is 1.19. The maximum atomic E-state index is 9.55. The van der Waals surface area contributed by atoms with E-state index in [1.165, 1.54) is 0 Å². The summed E-state index contributed by atoms with van der Waals surface area (Å²) in [5, 5.41) is 15.6. The highest BCUT2D eigenvalue weighted by atomic mass is 79.9. The van der Waals surface area contributed by atoms with Gasteiger partial charge in [-0.25, -0.2) is 9.59 Å². The van der Waals surface area contributed by atoms with Gasteiger partial charge in [0, 0.05) is 24.4 Å². The lowest BCUT2D eigenvalue weighted by atomic mass is 10.3. The topological polar surface area (TPSA) is 113 Å². The lowest BCUT2D eigenvalue weighted by molar-refractivity contribution is -0.134. The van der Waals surface area contributed by atoms with Gasteiger partial charge < -0.3 is 25.6 Å². The first-order valence-electron chi connectivity index (χ1n) is 6.29. The van der Waals surface area contributed by atoms with Gasteiger partial charge in [0.05, 0.1) is 8.95 Å². The Morgan fingerprint density at radius 2 is 1.61 bits per heavy atom. The molecular weight excluding hydrogens is 436 g/mol. The molecular formula is C14H18Br2N2O5. The Morgan fingerprint density at radius 1 is 1.17 bits per heavy atom. The number of hydrogen-bond acceptors (Lipinski definition) is 5. The van der Waals surface area contributed by atoms with Crippen molar-refractivity contribution in [1.29, 1.82) is 0 Å². The number of likely N-dealkylation sites (N-methyl/N-ethyl adjacent to an activating group) is 1. The lowest BCUT2D eigenvalue weighted by Crippen LogP contribution is -2.19. The molecule has 0 spiro atoms. The highest BCUT2D eigenvalue weighted by Gasteiger charge is 2.07. The van der Waals surface area contributed by atoms with Gasteiger partial charge in [0.15, 0.2) is 0 Å². The highest BCUT2D eigenvalue weighted by molar-refractivity contribution is 9.11. The third kappa shape index (κ3) is 10.7. The Balaban J connectivity index is 0.000000515. The number of nitrogens with zero attached hydrogens (tertiary/aromatic N) is 1. The van der Waals surface area contributed by atoms with Gasteiger partial charge in [-0.2, -0.15) is 0 Å². The van der Waals surface area contributed by atoms with Crippen molar-refractivity contribution in [1.82, 2.24) is 4.90 Å². The van der Waals surface area contributed by atoms with Crippen LogP contribution in [0.3, 0.4) is 0 Å². The van der Waals surface area contributed by atoms with Crippen molar-refractivity contribution in [2.75, 3.05) is 33.0 Å². The summed E-state index contributed by atoms with van der Waals surface area (Å²) >= 11 is 6.83. The minimum absolute atomic E-state index is 0.558. The van der Waals surface area contributed by atoms with Gasteiger partial charge in [0.2, 0.25) is 0 Å². The van der Waals surface area contributed by atoms with Crippen LogP contribution in [0.2, 0.25) is 0 Å². The molecule has 4 N–H and O–H groups in total. The summed E-state index contributed by atoms with van der Waals surface area (Å²) in [7, 11) is 4.02. The maximum Gasteiger partial charge on any atom is 0.328 e. The van der Waals surface area contributed by atoms with Crippen LogP contribution in [0.5, 0.6) is 5.75 Å². The number of ether oxygens (including phenoxy) is 1. The van der Waals surface area contributed by atoms with Gasteiger partial charge in [0.1, 0.15) is 12.4 Å². The van der Waals surface area contributed by atoms with Crippen molar-refractivity contribution in [3.05, 3.63) is 33.2 Å². The highest BCUT2D eigenvalue weighted by Crippen LogP contribution is 2.35. The summed E-state index contributed by atoms with van der Waals surface area (Å²) in [5.41, 5.74) is 6.38. The molecule has 23 heavy (non-hydrogen) atoms. The predicted molar refractivity (Wildman–Crippen MR) is 94.7 cm³/mol. The average Bonchev–Trinajstić information content (AvgIpc) is 2.40. The molecule has 0 bridgehead atoms. The molecule has 0 amide bonds. The molecule has 0 radical (unpaired) electrons. The molecule has 7 nitrogen and oxygen atoms in total. The van der Waals surface area contributed by atoms with E-state index in [2.05, 4.69) is 36.8 Å². The number of rotatable bonds is 6. The average molecular weight is 454 g/mol. The largest absolute Gasteiger partial charge is 0.490 e. The van der Waals surface area contributed by atoms with Gasteiger partial charge in [-0.05, 0) is 58.1 Å². The van der Waals surface area contributed by atoms with E-state index in [9.17, 15) is 9.59 Å². The number of carbonyl (C=O) groups is 2. The summed E-state index contributed by atoms with van der Waals surface area (Å²) < 4.78 is 7.38.